The van der Waals surface area contributed by atoms with Gasteiger partial charge in [0.2, 0.25) is 0 Å². The van der Waals surface area contributed by atoms with Crippen molar-refractivity contribution < 1.29 is 0 Å². The summed E-state index contributed by atoms with van der Waals surface area (Å²) in [5.74, 6) is 1.57. The summed E-state index contributed by atoms with van der Waals surface area (Å²) in [6.07, 6.45) is 4.35. The Morgan fingerprint density at radius 3 is 3.05 bits per heavy atom. The third-order valence-electron chi connectivity index (χ3n) is 3.09. The molecule has 0 aliphatic rings. The molecular weight excluding hydrogens is 280 g/mol. The first-order valence-electron chi connectivity index (χ1n) is 6.03. The fourth-order valence-electron chi connectivity index (χ4n) is 2.11. The summed E-state index contributed by atoms with van der Waals surface area (Å²) < 4.78 is 2.21. The standard InChI is InChI=1S/C13H13ClN4S/c1-9-12(19-8-16-9)7-18-11-3-5-15-6-10(11)17-13(18)2-4-14/h3,5-6,8H,2,4,7H2,1H3. The molecule has 0 amide bonds. The minimum Gasteiger partial charge on any atom is -0.322 e. The number of aryl methyl sites for hydroxylation is 2. The Bertz CT molecular complexity index is 704. The van der Waals surface area contributed by atoms with Crippen LogP contribution in [0.2, 0.25) is 0 Å². The topological polar surface area (TPSA) is 43.6 Å². The zero-order valence-electron chi connectivity index (χ0n) is 10.5. The SMILES string of the molecule is Cc1ncsc1Cn1c(CCCl)nc2cnccc21. The predicted octanol–water partition coefficient (Wildman–Crippen LogP) is 3.03. The average molecular weight is 293 g/mol. The highest BCUT2D eigenvalue weighted by molar-refractivity contribution is 7.09. The van der Waals surface area contributed by atoms with Gasteiger partial charge in [-0.3, -0.25) is 4.98 Å². The van der Waals surface area contributed by atoms with Gasteiger partial charge in [-0.25, -0.2) is 9.97 Å². The molecule has 0 unspecified atom stereocenters. The first-order chi connectivity index (χ1) is 9.29. The molecule has 4 nitrogen and oxygen atoms in total. The van der Waals surface area contributed by atoms with Crippen LogP contribution in [-0.4, -0.2) is 25.4 Å². The van der Waals surface area contributed by atoms with Crippen LogP contribution in [0.4, 0.5) is 0 Å². The van der Waals surface area contributed by atoms with Crippen molar-refractivity contribution in [2.45, 2.75) is 19.9 Å². The molecule has 3 aromatic heterocycles. The summed E-state index contributed by atoms with van der Waals surface area (Å²) in [6, 6.07) is 2.00. The molecule has 3 heterocycles. The molecule has 0 aliphatic carbocycles. The van der Waals surface area contributed by atoms with Crippen LogP contribution in [0.15, 0.2) is 24.0 Å². The van der Waals surface area contributed by atoms with E-state index in [9.17, 15) is 0 Å². The maximum atomic E-state index is 5.87. The number of nitrogens with zero attached hydrogens (tertiary/aromatic N) is 4. The number of halogens is 1. The highest BCUT2D eigenvalue weighted by Gasteiger charge is 2.12. The van der Waals surface area contributed by atoms with Crippen LogP contribution >= 0.6 is 22.9 Å². The van der Waals surface area contributed by atoms with Gasteiger partial charge in [0.05, 0.1) is 29.5 Å². The van der Waals surface area contributed by atoms with E-state index >= 15 is 0 Å². The van der Waals surface area contributed by atoms with Gasteiger partial charge in [-0.2, -0.15) is 0 Å². The Balaban J connectivity index is 2.09. The number of pyridine rings is 1. The summed E-state index contributed by atoms with van der Waals surface area (Å²) in [5.41, 5.74) is 4.98. The molecule has 3 aromatic rings. The monoisotopic (exact) mass is 292 g/mol. The number of imidazole rings is 1. The number of thiazole rings is 1. The molecule has 0 aromatic carbocycles. The van der Waals surface area contributed by atoms with Crippen molar-refractivity contribution in [2.75, 3.05) is 5.88 Å². The fraction of sp³-hybridized carbons (Fsp3) is 0.308. The van der Waals surface area contributed by atoms with Gasteiger partial charge in [0.25, 0.3) is 0 Å². The number of rotatable bonds is 4. The van der Waals surface area contributed by atoms with Crippen molar-refractivity contribution in [3.05, 3.63) is 40.4 Å². The predicted molar refractivity (Wildman–Crippen MR) is 77.9 cm³/mol. The van der Waals surface area contributed by atoms with E-state index in [2.05, 4.69) is 19.5 Å². The van der Waals surface area contributed by atoms with Gasteiger partial charge in [0.1, 0.15) is 11.3 Å². The van der Waals surface area contributed by atoms with Crippen molar-refractivity contribution in [3.63, 3.8) is 0 Å². The molecule has 3 rings (SSSR count). The second-order valence-electron chi connectivity index (χ2n) is 4.28. The lowest BCUT2D eigenvalue weighted by atomic mass is 10.3. The van der Waals surface area contributed by atoms with E-state index in [4.69, 9.17) is 11.6 Å². The molecule has 98 valence electrons. The largest absolute Gasteiger partial charge is 0.322 e. The van der Waals surface area contributed by atoms with E-state index in [-0.39, 0.29) is 0 Å². The molecule has 0 bridgehead atoms. The van der Waals surface area contributed by atoms with Crippen molar-refractivity contribution in [3.8, 4) is 0 Å². The number of hydrogen-bond acceptors (Lipinski definition) is 4. The fourth-order valence-corrected chi connectivity index (χ4v) is 3.04. The van der Waals surface area contributed by atoms with Gasteiger partial charge in [-0.05, 0) is 13.0 Å². The third kappa shape index (κ3) is 2.35. The molecule has 0 atom stereocenters. The van der Waals surface area contributed by atoms with E-state index in [1.54, 1.807) is 23.7 Å². The molecule has 6 heteroatoms. The number of aromatic nitrogens is 4. The second-order valence-corrected chi connectivity index (χ2v) is 5.60. The highest BCUT2D eigenvalue weighted by atomic mass is 35.5. The van der Waals surface area contributed by atoms with Crippen LogP contribution in [0, 0.1) is 6.92 Å². The quantitative estimate of drug-likeness (QED) is 0.694. The smallest absolute Gasteiger partial charge is 0.111 e. The van der Waals surface area contributed by atoms with Crippen LogP contribution in [0.5, 0.6) is 0 Å². The molecule has 19 heavy (non-hydrogen) atoms. The zero-order chi connectivity index (χ0) is 13.2. The summed E-state index contributed by atoms with van der Waals surface area (Å²) in [4.78, 5) is 14.3. The number of alkyl halides is 1. The van der Waals surface area contributed by atoms with Gasteiger partial charge in [0, 0.05) is 23.4 Å². The van der Waals surface area contributed by atoms with Gasteiger partial charge in [-0.1, -0.05) is 0 Å². The third-order valence-corrected chi connectivity index (χ3v) is 4.20. The van der Waals surface area contributed by atoms with Crippen LogP contribution < -0.4 is 0 Å². The molecule has 0 saturated carbocycles. The lowest BCUT2D eigenvalue weighted by Crippen LogP contribution is -2.05. The van der Waals surface area contributed by atoms with Crippen molar-refractivity contribution >= 4 is 34.0 Å². The summed E-state index contributed by atoms with van der Waals surface area (Å²) in [7, 11) is 0. The molecule has 0 aliphatic heterocycles. The Kier molecular flexibility index (Phi) is 3.48. The first kappa shape index (κ1) is 12.6. The molecule has 0 radical (unpaired) electrons. The van der Waals surface area contributed by atoms with Gasteiger partial charge in [-0.15, -0.1) is 22.9 Å². The van der Waals surface area contributed by atoms with Gasteiger partial charge < -0.3 is 4.57 Å². The lowest BCUT2D eigenvalue weighted by Gasteiger charge is -2.07. The van der Waals surface area contributed by atoms with E-state index in [1.807, 2.05) is 18.5 Å². The number of hydrogen-bond donors (Lipinski definition) is 0. The van der Waals surface area contributed by atoms with Crippen molar-refractivity contribution in [1.29, 1.82) is 0 Å². The van der Waals surface area contributed by atoms with Crippen LogP contribution in [0.1, 0.15) is 16.4 Å². The second kappa shape index (κ2) is 5.27. The van der Waals surface area contributed by atoms with Gasteiger partial charge >= 0.3 is 0 Å². The Morgan fingerprint density at radius 1 is 1.42 bits per heavy atom. The average Bonchev–Trinajstić information content (AvgIpc) is 2.96. The zero-order valence-corrected chi connectivity index (χ0v) is 12.1. The summed E-state index contributed by atoms with van der Waals surface area (Å²) in [6.45, 7) is 2.83. The minimum atomic E-state index is 0.568. The Morgan fingerprint density at radius 2 is 2.32 bits per heavy atom. The van der Waals surface area contributed by atoms with Crippen molar-refractivity contribution in [2.24, 2.45) is 0 Å². The molecule has 0 saturated heterocycles. The van der Waals surface area contributed by atoms with Crippen LogP contribution in [0.3, 0.4) is 0 Å². The van der Waals surface area contributed by atoms with Crippen molar-refractivity contribution in [1.82, 2.24) is 19.5 Å². The van der Waals surface area contributed by atoms with E-state index in [0.717, 1.165) is 35.5 Å². The van der Waals surface area contributed by atoms with E-state index < -0.39 is 0 Å². The van der Waals surface area contributed by atoms with Crippen LogP contribution in [0.25, 0.3) is 11.0 Å². The van der Waals surface area contributed by atoms with E-state index in [1.165, 1.54) is 4.88 Å². The maximum absolute atomic E-state index is 5.87. The highest BCUT2D eigenvalue weighted by Crippen LogP contribution is 2.21. The molecular formula is C13H13ClN4S. The summed E-state index contributed by atoms with van der Waals surface area (Å²) >= 11 is 7.54. The van der Waals surface area contributed by atoms with E-state index in [0.29, 0.717) is 5.88 Å². The summed E-state index contributed by atoms with van der Waals surface area (Å²) in [5, 5.41) is 0. The lowest BCUT2D eigenvalue weighted by molar-refractivity contribution is 0.758. The maximum Gasteiger partial charge on any atom is 0.111 e. The molecule has 0 N–H and O–H groups in total. The normalized spacial score (nSPS) is 11.3. The van der Waals surface area contributed by atoms with Crippen LogP contribution in [-0.2, 0) is 13.0 Å². The van der Waals surface area contributed by atoms with Gasteiger partial charge in [0.15, 0.2) is 0 Å². The Labute approximate surface area is 120 Å². The number of fused-ring (bicyclic) bond motifs is 1. The first-order valence-corrected chi connectivity index (χ1v) is 7.45. The Hall–Kier alpha value is -1.46. The molecule has 0 fully saturated rings. The minimum absolute atomic E-state index is 0.568. The molecule has 0 spiro atoms.